The first kappa shape index (κ1) is 37.8. The minimum Gasteiger partial charge on any atom is -0.392 e. The molecule has 4 aliphatic rings. The van der Waals surface area contributed by atoms with E-state index in [-0.39, 0.29) is 36.4 Å². The van der Waals surface area contributed by atoms with Crippen molar-refractivity contribution < 1.29 is 14.7 Å². The summed E-state index contributed by atoms with van der Waals surface area (Å²) in [7, 11) is 0. The molecule has 8 nitrogen and oxygen atoms in total. The van der Waals surface area contributed by atoms with Crippen molar-refractivity contribution in [1.29, 1.82) is 0 Å². The van der Waals surface area contributed by atoms with E-state index in [1.54, 1.807) is 6.07 Å². The maximum Gasteiger partial charge on any atom is 0.272 e. The number of hydrogen-bond donors (Lipinski definition) is 3. The van der Waals surface area contributed by atoms with E-state index in [0.29, 0.717) is 38.4 Å². The number of halogens is 3. The second kappa shape index (κ2) is 15.6. The normalized spacial score (nSPS) is 19.9. The van der Waals surface area contributed by atoms with Crippen molar-refractivity contribution in [2.45, 2.75) is 64.1 Å². The Morgan fingerprint density at radius 1 is 0.912 bits per heavy atom. The number of aliphatic hydroxyl groups excluding tert-OH is 1. The molecule has 5 aromatic rings. The van der Waals surface area contributed by atoms with E-state index in [1.165, 1.54) is 0 Å². The zero-order valence-electron chi connectivity index (χ0n) is 31.7. The highest BCUT2D eigenvalue weighted by Gasteiger charge is 2.40. The van der Waals surface area contributed by atoms with Crippen LogP contribution in [0.5, 0.6) is 0 Å². The Bertz CT molecular complexity index is 2450. The van der Waals surface area contributed by atoms with Gasteiger partial charge in [0.05, 0.1) is 29.7 Å². The number of carbonyl (C=O) groups excluding carboxylic acids is 2. The number of rotatable bonds is 7. The van der Waals surface area contributed by atoms with Crippen LogP contribution >= 0.6 is 34.8 Å². The number of carbonyl (C=O) groups is 2. The fraction of sp³-hybridized carbons (Fsp3) is 0.304. The Kier molecular flexibility index (Phi) is 10.3. The van der Waals surface area contributed by atoms with Crippen LogP contribution < -0.4 is 10.2 Å². The van der Waals surface area contributed by atoms with E-state index in [2.05, 4.69) is 56.3 Å². The van der Waals surface area contributed by atoms with E-state index in [0.717, 1.165) is 102 Å². The van der Waals surface area contributed by atoms with E-state index in [4.69, 9.17) is 34.8 Å². The van der Waals surface area contributed by atoms with Gasteiger partial charge in [-0.2, -0.15) is 0 Å². The summed E-state index contributed by atoms with van der Waals surface area (Å²) in [5.74, 6) is 0.0600. The number of piperidine rings is 2. The third kappa shape index (κ3) is 6.90. The highest BCUT2D eigenvalue weighted by Crippen LogP contribution is 2.54. The van der Waals surface area contributed by atoms with Crippen LogP contribution in [0, 0.1) is 5.92 Å². The predicted molar refractivity (Wildman–Crippen MR) is 231 cm³/mol. The molecule has 3 N–H and O–H groups in total. The summed E-state index contributed by atoms with van der Waals surface area (Å²) < 4.78 is 0. The van der Waals surface area contributed by atoms with Gasteiger partial charge in [0.1, 0.15) is 5.69 Å². The number of amides is 2. The molecule has 57 heavy (non-hydrogen) atoms. The van der Waals surface area contributed by atoms with Crippen molar-refractivity contribution >= 4 is 80.2 Å². The molecule has 292 valence electrons. The average molecular weight is 821 g/mol. The number of benzene rings is 4. The van der Waals surface area contributed by atoms with Gasteiger partial charge in [0.2, 0.25) is 5.91 Å². The van der Waals surface area contributed by atoms with Gasteiger partial charge in [0.15, 0.2) is 0 Å². The van der Waals surface area contributed by atoms with Crippen LogP contribution in [0.4, 0.5) is 11.4 Å². The summed E-state index contributed by atoms with van der Waals surface area (Å²) in [5, 5.41) is 16.0. The van der Waals surface area contributed by atoms with E-state index in [9.17, 15) is 9.90 Å². The number of aromatic nitrogens is 1. The molecule has 2 amide bonds. The van der Waals surface area contributed by atoms with Crippen molar-refractivity contribution in [3.63, 3.8) is 0 Å². The van der Waals surface area contributed by atoms with Crippen molar-refractivity contribution in [3.8, 4) is 0 Å². The summed E-state index contributed by atoms with van der Waals surface area (Å²) in [5.41, 5.74) is 9.03. The quantitative estimate of drug-likeness (QED) is 0.152. The van der Waals surface area contributed by atoms with Crippen LogP contribution in [0.1, 0.15) is 89.8 Å². The Labute approximate surface area is 347 Å². The monoisotopic (exact) mass is 819 g/mol. The molecule has 1 aromatic heterocycles. The fourth-order valence-electron chi connectivity index (χ4n) is 9.48. The number of aromatic amines is 1. The highest BCUT2D eigenvalue weighted by molar-refractivity contribution is 6.35. The van der Waals surface area contributed by atoms with Gasteiger partial charge in [-0.15, -0.1) is 0 Å². The summed E-state index contributed by atoms with van der Waals surface area (Å²) in [6.45, 7) is 4.39. The summed E-state index contributed by atoms with van der Waals surface area (Å²) in [4.78, 5) is 37.9. The molecule has 0 spiro atoms. The van der Waals surface area contributed by atoms with Crippen molar-refractivity contribution in [3.05, 3.63) is 140 Å². The highest BCUT2D eigenvalue weighted by atomic mass is 35.5. The largest absolute Gasteiger partial charge is 0.392 e. The topological polar surface area (TPSA) is 91.9 Å². The second-order valence-corrected chi connectivity index (χ2v) is 16.9. The van der Waals surface area contributed by atoms with Gasteiger partial charge in [-0.1, -0.05) is 90.3 Å². The molecule has 11 heteroatoms. The number of anilines is 2. The summed E-state index contributed by atoms with van der Waals surface area (Å²) in [6, 6.07) is 25.4. The molecule has 9 rings (SSSR count). The van der Waals surface area contributed by atoms with Crippen molar-refractivity contribution in [1.82, 2.24) is 14.8 Å². The van der Waals surface area contributed by atoms with Crippen LogP contribution in [0.25, 0.3) is 22.2 Å². The van der Waals surface area contributed by atoms with Gasteiger partial charge in [0.25, 0.3) is 5.91 Å². The summed E-state index contributed by atoms with van der Waals surface area (Å²) >= 11 is 20.4. The van der Waals surface area contributed by atoms with Crippen LogP contribution in [-0.4, -0.2) is 57.4 Å². The molecule has 2 fully saturated rings. The van der Waals surface area contributed by atoms with E-state index >= 15 is 4.79 Å². The SMILES string of the molecule is CC1CC=CN2C(=C1c1ccccc1)c1c(C(=O)Nc3cc(CO)ccc3N3CCC(N4CCCCC4=O)CC3)[nH]c3cc(Cl)cc(c13)C2c1ccc(Cl)cc1Cl. The maximum atomic E-state index is 15.0. The maximum absolute atomic E-state index is 15.0. The zero-order valence-corrected chi connectivity index (χ0v) is 34.0. The molecule has 0 aliphatic carbocycles. The minimum absolute atomic E-state index is 0.107. The Morgan fingerprint density at radius 2 is 1.72 bits per heavy atom. The Morgan fingerprint density at radius 3 is 2.47 bits per heavy atom. The number of likely N-dealkylation sites (tertiary alicyclic amines) is 1. The number of fused-ring (bicyclic) bond motifs is 2. The lowest BCUT2D eigenvalue weighted by Gasteiger charge is -2.41. The molecule has 2 unspecified atom stereocenters. The van der Waals surface area contributed by atoms with Crippen LogP contribution in [-0.2, 0) is 11.4 Å². The smallest absolute Gasteiger partial charge is 0.272 e. The number of nitrogens with zero attached hydrogens (tertiary/aromatic N) is 3. The van der Waals surface area contributed by atoms with E-state index < -0.39 is 0 Å². The first-order chi connectivity index (χ1) is 27.7. The lowest BCUT2D eigenvalue weighted by molar-refractivity contribution is -0.136. The van der Waals surface area contributed by atoms with Gasteiger partial charge < -0.3 is 30.1 Å². The Hall–Kier alpha value is -4.73. The number of hydrogen-bond acceptors (Lipinski definition) is 5. The number of allylic oxidation sites excluding steroid dienone is 2. The third-order valence-electron chi connectivity index (χ3n) is 12.1. The average Bonchev–Trinajstić information content (AvgIpc) is 3.50. The zero-order chi connectivity index (χ0) is 39.4. The molecule has 2 saturated heterocycles. The molecule has 2 atom stereocenters. The van der Waals surface area contributed by atoms with Gasteiger partial charge in [-0.3, -0.25) is 9.59 Å². The van der Waals surface area contributed by atoms with Crippen LogP contribution in [0.2, 0.25) is 15.1 Å². The first-order valence-corrected chi connectivity index (χ1v) is 21.0. The minimum atomic E-state index is -0.374. The number of nitrogens with one attached hydrogen (secondary N) is 2. The van der Waals surface area contributed by atoms with E-state index in [1.807, 2.05) is 60.7 Å². The van der Waals surface area contributed by atoms with Crippen LogP contribution in [0.15, 0.2) is 91.1 Å². The Balaban J connectivity index is 1.18. The first-order valence-electron chi connectivity index (χ1n) is 19.8. The third-order valence-corrected chi connectivity index (χ3v) is 12.9. The molecule has 0 radical (unpaired) electrons. The van der Waals surface area contributed by atoms with Crippen LogP contribution in [0.3, 0.4) is 0 Å². The summed E-state index contributed by atoms with van der Waals surface area (Å²) in [6.07, 6.45) is 9.46. The second-order valence-electron chi connectivity index (χ2n) is 15.6. The number of H-pyrrole nitrogens is 1. The van der Waals surface area contributed by atoms with Gasteiger partial charge in [0, 0.05) is 69.8 Å². The van der Waals surface area contributed by atoms with Gasteiger partial charge in [-0.05, 0) is 102 Å². The van der Waals surface area contributed by atoms with Crippen molar-refractivity contribution in [2.24, 2.45) is 5.92 Å². The lowest BCUT2D eigenvalue weighted by Crippen LogP contribution is -2.49. The molecular weight excluding hydrogens is 777 g/mol. The fourth-order valence-corrected chi connectivity index (χ4v) is 10.2. The van der Waals surface area contributed by atoms with Crippen molar-refractivity contribution in [2.75, 3.05) is 29.9 Å². The molecule has 0 saturated carbocycles. The van der Waals surface area contributed by atoms with Gasteiger partial charge in [-0.25, -0.2) is 0 Å². The molecular formula is C46H44Cl3N5O3. The van der Waals surface area contributed by atoms with Gasteiger partial charge >= 0.3 is 0 Å². The molecule has 4 aromatic carbocycles. The molecule has 5 heterocycles. The lowest BCUT2D eigenvalue weighted by atomic mass is 9.82. The molecule has 0 bridgehead atoms. The molecule has 4 aliphatic heterocycles. The predicted octanol–water partition coefficient (Wildman–Crippen LogP) is 10.7. The standard InChI is InChI=1S/C46H44Cl3N5O3/c1-27-8-7-19-54-44(33-14-13-30(47)24-35(33)49)34-23-31(48)25-37-41(34)42(45(54)40(27)29-9-3-2-4-10-29)43(50-37)46(57)51-36-22-28(26-55)12-15-38(36)52-20-16-32(17-21-52)53-18-6-5-11-39(53)56/h2-4,7,9-10,12-15,19,22-25,27,32,44,50,55H,5-6,8,11,16-18,20-21,26H2,1H3,(H,51,57). The number of aliphatic hydroxyl groups is 1.